The lowest BCUT2D eigenvalue weighted by atomic mass is 9.95. The Morgan fingerprint density at radius 1 is 1.39 bits per heavy atom. The SMILES string of the molecule is COc1c(C=O)cc(Br)c(C(C)CCN)c1OC. The first-order chi connectivity index (χ1) is 8.60. The van der Waals surface area contributed by atoms with Crippen LogP contribution in [0.1, 0.15) is 35.2 Å². The van der Waals surface area contributed by atoms with Gasteiger partial charge in [-0.3, -0.25) is 4.79 Å². The number of carbonyl (C=O) groups excluding carboxylic acids is 1. The first-order valence-corrected chi connectivity index (χ1v) is 6.49. The Morgan fingerprint density at radius 3 is 2.44 bits per heavy atom. The number of rotatable bonds is 6. The molecule has 100 valence electrons. The fraction of sp³-hybridized carbons (Fsp3) is 0.462. The zero-order valence-electron chi connectivity index (χ0n) is 10.8. The number of nitrogens with two attached hydrogens (primary N) is 1. The van der Waals surface area contributed by atoms with Crippen LogP contribution in [0.15, 0.2) is 10.5 Å². The van der Waals surface area contributed by atoms with E-state index in [1.165, 1.54) is 7.11 Å². The lowest BCUT2D eigenvalue weighted by Gasteiger charge is -2.20. The molecule has 1 aromatic carbocycles. The van der Waals surface area contributed by atoms with E-state index < -0.39 is 0 Å². The summed E-state index contributed by atoms with van der Waals surface area (Å²) in [6.45, 7) is 2.66. The number of methoxy groups -OCH3 is 2. The number of carbonyl (C=O) groups is 1. The van der Waals surface area contributed by atoms with Gasteiger partial charge < -0.3 is 15.2 Å². The maximum atomic E-state index is 11.0. The standard InChI is InChI=1S/C13H18BrNO3/c1-8(4-5-15)11-10(14)6-9(7-16)12(17-2)13(11)18-3/h6-8H,4-5,15H2,1-3H3. The molecule has 0 aliphatic carbocycles. The van der Waals surface area contributed by atoms with Gasteiger partial charge in [0.25, 0.3) is 0 Å². The molecule has 1 atom stereocenters. The van der Waals surface area contributed by atoms with Gasteiger partial charge in [-0.05, 0) is 24.9 Å². The maximum absolute atomic E-state index is 11.0. The minimum Gasteiger partial charge on any atom is -0.492 e. The van der Waals surface area contributed by atoms with Crippen molar-refractivity contribution in [3.63, 3.8) is 0 Å². The molecule has 0 aliphatic rings. The Balaban J connectivity index is 3.45. The lowest BCUT2D eigenvalue weighted by Crippen LogP contribution is -2.08. The Morgan fingerprint density at radius 2 is 2.00 bits per heavy atom. The molecule has 1 unspecified atom stereocenters. The van der Waals surface area contributed by atoms with Gasteiger partial charge in [0.15, 0.2) is 17.8 Å². The molecule has 0 aromatic heterocycles. The van der Waals surface area contributed by atoms with Gasteiger partial charge >= 0.3 is 0 Å². The van der Waals surface area contributed by atoms with Gasteiger partial charge in [-0.1, -0.05) is 22.9 Å². The highest BCUT2D eigenvalue weighted by Crippen LogP contribution is 2.43. The van der Waals surface area contributed by atoms with Gasteiger partial charge in [-0.2, -0.15) is 0 Å². The summed E-state index contributed by atoms with van der Waals surface area (Å²) in [4.78, 5) is 11.0. The highest BCUT2D eigenvalue weighted by atomic mass is 79.9. The summed E-state index contributed by atoms with van der Waals surface area (Å²) < 4.78 is 11.5. The Hall–Kier alpha value is -1.07. The van der Waals surface area contributed by atoms with Crippen molar-refractivity contribution in [1.82, 2.24) is 0 Å². The summed E-state index contributed by atoms with van der Waals surface area (Å²) in [7, 11) is 3.09. The second-order valence-corrected chi connectivity index (χ2v) is 4.88. The van der Waals surface area contributed by atoms with Gasteiger partial charge in [-0.25, -0.2) is 0 Å². The molecular weight excluding hydrogens is 298 g/mol. The molecule has 0 amide bonds. The van der Waals surface area contributed by atoms with Gasteiger partial charge in [0.1, 0.15) is 0 Å². The van der Waals surface area contributed by atoms with E-state index in [2.05, 4.69) is 22.9 Å². The van der Waals surface area contributed by atoms with E-state index in [9.17, 15) is 4.79 Å². The van der Waals surface area contributed by atoms with Crippen LogP contribution in [0.4, 0.5) is 0 Å². The van der Waals surface area contributed by atoms with Crippen molar-refractivity contribution in [3.8, 4) is 11.5 Å². The third-order valence-corrected chi connectivity index (χ3v) is 3.54. The first kappa shape index (κ1) is 15.0. The van der Waals surface area contributed by atoms with E-state index in [1.54, 1.807) is 13.2 Å². The summed E-state index contributed by atoms with van der Waals surface area (Å²) in [6.07, 6.45) is 1.59. The Kier molecular flexibility index (Phi) is 5.62. The van der Waals surface area contributed by atoms with Crippen LogP contribution >= 0.6 is 15.9 Å². The number of ether oxygens (including phenoxy) is 2. The lowest BCUT2D eigenvalue weighted by molar-refractivity contribution is 0.112. The largest absolute Gasteiger partial charge is 0.492 e. The second-order valence-electron chi connectivity index (χ2n) is 4.02. The van der Waals surface area contributed by atoms with Crippen molar-refractivity contribution >= 4 is 22.2 Å². The van der Waals surface area contributed by atoms with Crippen LogP contribution in [0.2, 0.25) is 0 Å². The fourth-order valence-corrected chi connectivity index (χ4v) is 2.81. The summed E-state index contributed by atoms with van der Waals surface area (Å²) in [6, 6.07) is 1.75. The van der Waals surface area contributed by atoms with Gasteiger partial charge in [0, 0.05) is 10.0 Å². The molecule has 2 N–H and O–H groups in total. The van der Waals surface area contributed by atoms with Crippen molar-refractivity contribution in [2.45, 2.75) is 19.3 Å². The number of halogens is 1. The molecule has 4 nitrogen and oxygen atoms in total. The number of aldehydes is 1. The van der Waals surface area contributed by atoms with Crippen LogP contribution in [0.25, 0.3) is 0 Å². The van der Waals surface area contributed by atoms with E-state index in [0.29, 0.717) is 23.6 Å². The van der Waals surface area contributed by atoms with Crippen LogP contribution in [0.3, 0.4) is 0 Å². The summed E-state index contributed by atoms with van der Waals surface area (Å²) in [5, 5.41) is 0. The van der Waals surface area contributed by atoms with Crippen molar-refractivity contribution in [2.24, 2.45) is 5.73 Å². The van der Waals surface area contributed by atoms with Crippen LogP contribution in [0.5, 0.6) is 11.5 Å². The minimum absolute atomic E-state index is 0.217. The molecule has 5 heteroatoms. The van der Waals surface area contributed by atoms with E-state index in [0.717, 1.165) is 22.7 Å². The minimum atomic E-state index is 0.217. The monoisotopic (exact) mass is 315 g/mol. The third-order valence-electron chi connectivity index (χ3n) is 2.88. The molecule has 0 fully saturated rings. The van der Waals surface area contributed by atoms with E-state index >= 15 is 0 Å². The topological polar surface area (TPSA) is 61.5 Å². The molecule has 0 aliphatic heterocycles. The zero-order valence-corrected chi connectivity index (χ0v) is 12.4. The maximum Gasteiger partial charge on any atom is 0.171 e. The van der Waals surface area contributed by atoms with Crippen LogP contribution in [0, 0.1) is 0 Å². The molecular formula is C13H18BrNO3. The van der Waals surface area contributed by atoms with Crippen molar-refractivity contribution in [1.29, 1.82) is 0 Å². The van der Waals surface area contributed by atoms with Crippen LogP contribution < -0.4 is 15.2 Å². The summed E-state index contributed by atoms with van der Waals surface area (Å²) in [5.74, 6) is 1.28. The highest BCUT2D eigenvalue weighted by Gasteiger charge is 2.22. The predicted molar refractivity (Wildman–Crippen MR) is 74.7 cm³/mol. The van der Waals surface area contributed by atoms with Crippen molar-refractivity contribution in [2.75, 3.05) is 20.8 Å². The molecule has 1 aromatic rings. The van der Waals surface area contributed by atoms with Crippen LogP contribution in [-0.2, 0) is 0 Å². The number of benzene rings is 1. The van der Waals surface area contributed by atoms with E-state index in [4.69, 9.17) is 15.2 Å². The average Bonchev–Trinajstić information content (AvgIpc) is 2.37. The molecule has 0 radical (unpaired) electrons. The van der Waals surface area contributed by atoms with Gasteiger partial charge in [0.2, 0.25) is 0 Å². The third kappa shape index (κ3) is 2.84. The molecule has 0 saturated heterocycles. The first-order valence-electron chi connectivity index (χ1n) is 5.70. The molecule has 0 heterocycles. The Labute approximate surface area is 116 Å². The highest BCUT2D eigenvalue weighted by molar-refractivity contribution is 9.10. The average molecular weight is 316 g/mol. The molecule has 18 heavy (non-hydrogen) atoms. The van der Waals surface area contributed by atoms with Gasteiger partial charge in [0.05, 0.1) is 19.8 Å². The molecule has 0 bridgehead atoms. The molecule has 0 saturated carbocycles. The molecule has 1 rings (SSSR count). The Bertz CT molecular complexity index is 435. The van der Waals surface area contributed by atoms with E-state index in [-0.39, 0.29) is 5.92 Å². The second kappa shape index (κ2) is 6.75. The zero-order chi connectivity index (χ0) is 13.7. The number of hydrogen-bond donors (Lipinski definition) is 1. The summed E-state index contributed by atoms with van der Waals surface area (Å²) >= 11 is 3.48. The van der Waals surface area contributed by atoms with Crippen molar-refractivity contribution < 1.29 is 14.3 Å². The van der Waals surface area contributed by atoms with Crippen LogP contribution in [-0.4, -0.2) is 27.1 Å². The molecule has 0 spiro atoms. The fourth-order valence-electron chi connectivity index (χ4n) is 2.00. The predicted octanol–water partition coefficient (Wildman–Crippen LogP) is 2.73. The smallest absolute Gasteiger partial charge is 0.171 e. The van der Waals surface area contributed by atoms with Crippen molar-refractivity contribution in [3.05, 3.63) is 21.7 Å². The van der Waals surface area contributed by atoms with E-state index in [1.807, 2.05) is 0 Å². The normalized spacial score (nSPS) is 12.1. The van der Waals surface area contributed by atoms with Gasteiger partial charge in [-0.15, -0.1) is 0 Å². The summed E-state index contributed by atoms with van der Waals surface area (Å²) in [5.41, 5.74) is 7.03. The number of hydrogen-bond acceptors (Lipinski definition) is 4. The quantitative estimate of drug-likeness (QED) is 0.820.